The molecule has 172 valence electrons. The van der Waals surface area contributed by atoms with Crippen LogP contribution in [0.3, 0.4) is 0 Å². The summed E-state index contributed by atoms with van der Waals surface area (Å²) in [5.74, 6) is 1.21. The number of nitrogens with one attached hydrogen (secondary N) is 2. The molecule has 2 aromatic rings. The lowest BCUT2D eigenvalue weighted by molar-refractivity contribution is 0.139. The van der Waals surface area contributed by atoms with Crippen LogP contribution in [0.15, 0.2) is 48.5 Å². The van der Waals surface area contributed by atoms with Crippen LogP contribution in [0, 0.1) is 11.7 Å². The molecule has 1 atom stereocenters. The molecule has 0 bridgehead atoms. The van der Waals surface area contributed by atoms with Gasteiger partial charge in [-0.3, -0.25) is 0 Å². The molecule has 0 aliphatic carbocycles. The Bertz CT molecular complexity index is 884. The fourth-order valence-electron chi connectivity index (χ4n) is 4.67. The van der Waals surface area contributed by atoms with E-state index >= 15 is 0 Å². The van der Waals surface area contributed by atoms with E-state index in [0.717, 1.165) is 56.9 Å². The third-order valence-corrected chi connectivity index (χ3v) is 6.49. The maximum atomic E-state index is 13.1. The molecule has 2 heterocycles. The molecule has 2 aliphatic rings. The molecule has 2 fully saturated rings. The lowest BCUT2D eigenvalue weighted by Gasteiger charge is -2.38. The number of amides is 2. The predicted octanol–water partition coefficient (Wildman–Crippen LogP) is 3.59. The van der Waals surface area contributed by atoms with Crippen molar-refractivity contribution in [2.45, 2.75) is 25.3 Å². The van der Waals surface area contributed by atoms with Gasteiger partial charge in [0.2, 0.25) is 0 Å². The number of piperidine rings is 1. The van der Waals surface area contributed by atoms with Crippen molar-refractivity contribution in [3.8, 4) is 5.75 Å². The molecule has 7 heteroatoms. The van der Waals surface area contributed by atoms with E-state index in [9.17, 15) is 9.18 Å². The van der Waals surface area contributed by atoms with Crippen LogP contribution < -0.4 is 15.4 Å². The van der Waals surface area contributed by atoms with Crippen molar-refractivity contribution in [3.63, 3.8) is 0 Å². The summed E-state index contributed by atoms with van der Waals surface area (Å²) in [4.78, 5) is 17.1. The molecule has 2 aliphatic heterocycles. The Morgan fingerprint density at radius 2 is 1.94 bits per heavy atom. The summed E-state index contributed by atoms with van der Waals surface area (Å²) in [7, 11) is 1.62. The van der Waals surface area contributed by atoms with E-state index in [0.29, 0.717) is 19.0 Å². The maximum absolute atomic E-state index is 13.1. The fraction of sp³-hybridized carbons (Fsp3) is 0.480. The maximum Gasteiger partial charge on any atom is 0.321 e. The Labute approximate surface area is 189 Å². The van der Waals surface area contributed by atoms with E-state index in [2.05, 4.69) is 15.5 Å². The van der Waals surface area contributed by atoms with Crippen LogP contribution in [0.1, 0.15) is 18.4 Å². The van der Waals surface area contributed by atoms with Gasteiger partial charge in [-0.25, -0.2) is 9.18 Å². The van der Waals surface area contributed by atoms with Gasteiger partial charge in [0, 0.05) is 44.0 Å². The smallest absolute Gasteiger partial charge is 0.321 e. The first kappa shape index (κ1) is 22.6. The number of piperazine rings is 1. The molecule has 0 aromatic heterocycles. The number of halogens is 1. The van der Waals surface area contributed by atoms with E-state index in [-0.39, 0.29) is 17.9 Å². The summed E-state index contributed by atoms with van der Waals surface area (Å²) < 4.78 is 18.3. The van der Waals surface area contributed by atoms with Gasteiger partial charge < -0.3 is 25.2 Å². The van der Waals surface area contributed by atoms with Crippen LogP contribution >= 0.6 is 0 Å². The van der Waals surface area contributed by atoms with Crippen molar-refractivity contribution in [1.29, 1.82) is 0 Å². The average molecular weight is 441 g/mol. The van der Waals surface area contributed by atoms with E-state index in [1.807, 2.05) is 41.3 Å². The Hall–Kier alpha value is -2.64. The summed E-state index contributed by atoms with van der Waals surface area (Å²) >= 11 is 0. The van der Waals surface area contributed by atoms with Crippen LogP contribution in [0.2, 0.25) is 0 Å². The molecule has 2 aromatic carbocycles. The SMILES string of the molecule is COc1cccc(NC(=O)N2CCN[C@@H](CN3CCC(Cc4ccc(F)cc4)CC3)C2)c1. The number of benzene rings is 2. The zero-order valence-corrected chi connectivity index (χ0v) is 18.7. The van der Waals surface area contributed by atoms with Gasteiger partial charge in [-0.2, -0.15) is 0 Å². The van der Waals surface area contributed by atoms with E-state index < -0.39 is 0 Å². The number of hydrogen-bond acceptors (Lipinski definition) is 4. The molecule has 0 saturated carbocycles. The van der Waals surface area contributed by atoms with Crippen LogP contribution in [0.4, 0.5) is 14.9 Å². The van der Waals surface area contributed by atoms with Crippen molar-refractivity contribution in [3.05, 3.63) is 59.9 Å². The van der Waals surface area contributed by atoms with Gasteiger partial charge in [-0.15, -0.1) is 0 Å². The lowest BCUT2D eigenvalue weighted by atomic mass is 9.90. The number of methoxy groups -OCH3 is 1. The fourth-order valence-corrected chi connectivity index (χ4v) is 4.67. The van der Waals surface area contributed by atoms with Gasteiger partial charge in [0.05, 0.1) is 7.11 Å². The number of carbonyl (C=O) groups excluding carboxylic acids is 1. The molecule has 2 saturated heterocycles. The van der Waals surface area contributed by atoms with E-state index in [1.165, 1.54) is 5.56 Å². The first-order chi connectivity index (χ1) is 15.6. The zero-order valence-electron chi connectivity index (χ0n) is 18.7. The lowest BCUT2D eigenvalue weighted by Crippen LogP contribution is -2.57. The minimum atomic E-state index is -0.172. The van der Waals surface area contributed by atoms with Crippen LogP contribution in [-0.2, 0) is 6.42 Å². The molecule has 0 spiro atoms. The molecular weight excluding hydrogens is 407 g/mol. The summed E-state index contributed by atoms with van der Waals surface area (Å²) in [5, 5.41) is 6.56. The van der Waals surface area contributed by atoms with Crippen LogP contribution in [0.5, 0.6) is 5.75 Å². The number of hydrogen-bond donors (Lipinski definition) is 2. The first-order valence-corrected chi connectivity index (χ1v) is 11.5. The number of carbonyl (C=O) groups is 1. The Balaban J connectivity index is 1.22. The summed E-state index contributed by atoms with van der Waals surface area (Å²) in [6.07, 6.45) is 3.34. The Kier molecular flexibility index (Phi) is 7.60. The van der Waals surface area contributed by atoms with Crippen LogP contribution in [-0.4, -0.2) is 68.3 Å². The molecule has 2 amide bonds. The minimum Gasteiger partial charge on any atom is -0.497 e. The van der Waals surface area contributed by atoms with Crippen molar-refractivity contribution in [2.75, 3.05) is 51.7 Å². The Morgan fingerprint density at radius 1 is 1.16 bits per heavy atom. The predicted molar refractivity (Wildman–Crippen MR) is 125 cm³/mol. The number of ether oxygens (including phenoxy) is 1. The topological polar surface area (TPSA) is 56.8 Å². The highest BCUT2D eigenvalue weighted by molar-refractivity contribution is 5.89. The normalized spacial score (nSPS) is 20.2. The molecule has 2 N–H and O–H groups in total. The quantitative estimate of drug-likeness (QED) is 0.721. The standard InChI is InChI=1S/C25H33FN4O2/c1-32-24-4-2-3-22(16-24)28-25(31)30-14-11-27-23(18-30)17-29-12-9-20(10-13-29)15-19-5-7-21(26)8-6-19/h2-8,16,20,23,27H,9-15,17-18H2,1H3,(H,28,31)/t23-/m0/s1. The van der Waals surface area contributed by atoms with Gasteiger partial charge in [0.1, 0.15) is 11.6 Å². The van der Waals surface area contributed by atoms with Gasteiger partial charge in [-0.05, 0) is 68.1 Å². The van der Waals surface area contributed by atoms with Gasteiger partial charge in [-0.1, -0.05) is 18.2 Å². The largest absolute Gasteiger partial charge is 0.497 e. The Morgan fingerprint density at radius 3 is 2.69 bits per heavy atom. The van der Waals surface area contributed by atoms with Crippen LogP contribution in [0.25, 0.3) is 0 Å². The second-order valence-electron chi connectivity index (χ2n) is 8.83. The number of nitrogens with zero attached hydrogens (tertiary/aromatic N) is 2. The molecule has 0 unspecified atom stereocenters. The second kappa shape index (κ2) is 10.8. The van der Waals surface area contributed by atoms with Crippen molar-refractivity contribution in [1.82, 2.24) is 15.1 Å². The number of urea groups is 1. The molecule has 6 nitrogen and oxygen atoms in total. The van der Waals surface area contributed by atoms with E-state index in [4.69, 9.17) is 4.74 Å². The number of rotatable bonds is 6. The second-order valence-corrected chi connectivity index (χ2v) is 8.83. The molecule has 0 radical (unpaired) electrons. The highest BCUT2D eigenvalue weighted by Crippen LogP contribution is 2.22. The highest BCUT2D eigenvalue weighted by Gasteiger charge is 2.27. The van der Waals surface area contributed by atoms with Crippen molar-refractivity contribution >= 4 is 11.7 Å². The number of likely N-dealkylation sites (tertiary alicyclic amines) is 1. The zero-order chi connectivity index (χ0) is 22.3. The van der Waals surface area contributed by atoms with Crippen molar-refractivity contribution < 1.29 is 13.9 Å². The third-order valence-electron chi connectivity index (χ3n) is 6.49. The first-order valence-electron chi connectivity index (χ1n) is 11.5. The van der Waals surface area contributed by atoms with Gasteiger partial charge in [0.15, 0.2) is 0 Å². The van der Waals surface area contributed by atoms with E-state index in [1.54, 1.807) is 19.2 Å². The summed E-state index contributed by atoms with van der Waals surface area (Å²) in [5.41, 5.74) is 1.96. The molecular formula is C25H33FN4O2. The monoisotopic (exact) mass is 440 g/mol. The summed E-state index contributed by atoms with van der Waals surface area (Å²) in [6, 6.07) is 14.5. The third kappa shape index (κ3) is 6.20. The van der Waals surface area contributed by atoms with Gasteiger partial charge in [0.25, 0.3) is 0 Å². The van der Waals surface area contributed by atoms with Gasteiger partial charge >= 0.3 is 6.03 Å². The summed E-state index contributed by atoms with van der Waals surface area (Å²) in [6.45, 7) is 5.29. The highest BCUT2D eigenvalue weighted by atomic mass is 19.1. The minimum absolute atomic E-state index is 0.0669. The van der Waals surface area contributed by atoms with Crippen molar-refractivity contribution in [2.24, 2.45) is 5.92 Å². The molecule has 32 heavy (non-hydrogen) atoms. The molecule has 4 rings (SSSR count). The average Bonchev–Trinajstić information content (AvgIpc) is 2.82. The number of anilines is 1.